The normalized spacial score (nSPS) is 21.4. The number of H-pyrrole nitrogens is 1. The lowest BCUT2D eigenvalue weighted by molar-refractivity contribution is 0.0284. The molecular formula is C23H17FN8O2. The highest BCUT2D eigenvalue weighted by Gasteiger charge is 2.52. The maximum Gasteiger partial charge on any atom is 0.293 e. The van der Waals surface area contributed by atoms with E-state index < -0.39 is 24.2 Å². The lowest BCUT2D eigenvalue weighted by Gasteiger charge is -2.43. The summed E-state index contributed by atoms with van der Waals surface area (Å²) in [4.78, 5) is 40.4. The van der Waals surface area contributed by atoms with E-state index in [-0.39, 0.29) is 23.8 Å². The van der Waals surface area contributed by atoms with Crippen LogP contribution >= 0.6 is 0 Å². The second-order valence-corrected chi connectivity index (χ2v) is 8.46. The van der Waals surface area contributed by atoms with Crippen LogP contribution in [0.4, 0.5) is 4.39 Å². The van der Waals surface area contributed by atoms with E-state index in [4.69, 9.17) is 9.40 Å². The zero-order chi connectivity index (χ0) is 23.0. The molecule has 34 heavy (non-hydrogen) atoms. The van der Waals surface area contributed by atoms with E-state index in [1.165, 1.54) is 4.90 Å². The van der Waals surface area contributed by atoms with E-state index in [1.807, 2.05) is 24.3 Å². The average molecular weight is 456 g/mol. The minimum absolute atomic E-state index is 0.00333. The summed E-state index contributed by atoms with van der Waals surface area (Å²) in [6, 6.07) is 5.99. The fourth-order valence-electron chi connectivity index (χ4n) is 4.88. The van der Waals surface area contributed by atoms with Gasteiger partial charge < -0.3 is 18.9 Å². The first-order chi connectivity index (χ1) is 16.6. The molecule has 10 nitrogen and oxygen atoms in total. The lowest BCUT2D eigenvalue weighted by atomic mass is 9.88. The van der Waals surface area contributed by atoms with E-state index in [2.05, 4.69) is 24.9 Å². The van der Waals surface area contributed by atoms with Crippen molar-refractivity contribution < 1.29 is 13.6 Å². The minimum Gasteiger partial charge on any atom is -0.429 e. The van der Waals surface area contributed by atoms with E-state index in [0.717, 1.165) is 16.6 Å². The highest BCUT2D eigenvalue weighted by molar-refractivity contribution is 5.95. The van der Waals surface area contributed by atoms with Gasteiger partial charge in [0.1, 0.15) is 17.4 Å². The number of benzene rings is 1. The van der Waals surface area contributed by atoms with Crippen LogP contribution in [0.2, 0.25) is 0 Å². The number of nitrogens with one attached hydrogen (secondary N) is 1. The maximum atomic E-state index is 16.0. The predicted molar refractivity (Wildman–Crippen MR) is 116 cm³/mol. The van der Waals surface area contributed by atoms with Gasteiger partial charge in [-0.3, -0.25) is 4.79 Å². The molecule has 0 saturated carbocycles. The van der Waals surface area contributed by atoms with Gasteiger partial charge in [-0.05, 0) is 6.07 Å². The Bertz CT molecular complexity index is 1590. The molecule has 0 fully saturated rings. The van der Waals surface area contributed by atoms with Crippen LogP contribution in [0.15, 0.2) is 53.7 Å². The molecule has 0 saturated heterocycles. The van der Waals surface area contributed by atoms with Crippen LogP contribution in [-0.4, -0.2) is 51.3 Å². The topological polar surface area (TPSA) is 119 Å². The van der Waals surface area contributed by atoms with Crippen LogP contribution in [0.1, 0.15) is 45.7 Å². The number of imidazole rings is 2. The van der Waals surface area contributed by atoms with Gasteiger partial charge in [0.25, 0.3) is 5.91 Å². The molecule has 2 aliphatic rings. The standard InChI is InChI=1S/C23H17FN8O2/c1-31-10-25-8-15(31)22-30-18-16(24)14-6-13-17(28-9-27-13)19(32(14)23(33)20(18)34-22)21-26-7-11-4-2-3-5-12(11)29-21/h2-5,7-10,14,16,19H,6H2,1H3,(H,27,28)/t14?,16?,19-/m0/s1. The highest BCUT2D eigenvalue weighted by atomic mass is 19.1. The van der Waals surface area contributed by atoms with Crippen LogP contribution in [0, 0.1) is 0 Å². The molecule has 1 amide bonds. The number of oxazole rings is 1. The molecule has 1 aromatic carbocycles. The summed E-state index contributed by atoms with van der Waals surface area (Å²) in [5, 5.41) is 0.868. The predicted octanol–water partition coefficient (Wildman–Crippen LogP) is 2.92. The van der Waals surface area contributed by atoms with Crippen LogP contribution in [0.25, 0.3) is 22.5 Å². The Morgan fingerprint density at radius 3 is 2.88 bits per heavy atom. The molecule has 0 bridgehead atoms. The molecule has 7 rings (SSSR count). The summed E-state index contributed by atoms with van der Waals surface area (Å²) in [5.74, 6) is -0.0712. The number of aryl methyl sites for hydroxylation is 1. The number of alkyl halides is 1. The smallest absolute Gasteiger partial charge is 0.293 e. The van der Waals surface area contributed by atoms with Crippen molar-refractivity contribution in [2.75, 3.05) is 0 Å². The van der Waals surface area contributed by atoms with Crippen LogP contribution in [0.3, 0.4) is 0 Å². The summed E-state index contributed by atoms with van der Waals surface area (Å²) in [6.45, 7) is 0. The summed E-state index contributed by atoms with van der Waals surface area (Å²) >= 11 is 0. The van der Waals surface area contributed by atoms with Crippen molar-refractivity contribution in [3.05, 3.63) is 78.0 Å². The number of halogens is 1. The van der Waals surface area contributed by atoms with Gasteiger partial charge >= 0.3 is 0 Å². The zero-order valence-electron chi connectivity index (χ0n) is 17.9. The number of hydrogen-bond donors (Lipinski definition) is 1. The second-order valence-electron chi connectivity index (χ2n) is 8.46. The largest absolute Gasteiger partial charge is 0.429 e. The van der Waals surface area contributed by atoms with Crippen LogP contribution in [-0.2, 0) is 13.5 Å². The first-order valence-electron chi connectivity index (χ1n) is 10.8. The molecule has 5 aromatic rings. The van der Waals surface area contributed by atoms with Gasteiger partial charge in [-0.1, -0.05) is 18.2 Å². The van der Waals surface area contributed by atoms with E-state index in [9.17, 15) is 4.79 Å². The SMILES string of the molecule is Cn1cncc1-c1nc2c(o1)C(=O)N1C(Cc3[nH]cnc3[C@H]1c1ncc3ccccc3n1)C2F. The van der Waals surface area contributed by atoms with Crippen molar-refractivity contribution in [3.63, 3.8) is 0 Å². The average Bonchev–Trinajstić information content (AvgIpc) is 3.60. The van der Waals surface area contributed by atoms with E-state index in [1.54, 1.807) is 36.7 Å². The first-order valence-corrected chi connectivity index (χ1v) is 10.8. The third-order valence-corrected chi connectivity index (χ3v) is 6.53. The Kier molecular flexibility index (Phi) is 3.82. The fourth-order valence-corrected chi connectivity index (χ4v) is 4.88. The Labute approximate surface area is 191 Å². The number of aromatic amines is 1. The third kappa shape index (κ3) is 2.54. The minimum atomic E-state index is -1.56. The molecule has 0 radical (unpaired) electrons. The molecule has 4 aromatic heterocycles. The number of carbonyl (C=O) groups is 1. The molecular weight excluding hydrogens is 439 g/mol. The van der Waals surface area contributed by atoms with Gasteiger partial charge in [0, 0.05) is 30.7 Å². The van der Waals surface area contributed by atoms with Crippen molar-refractivity contribution >= 4 is 16.8 Å². The molecule has 0 aliphatic carbocycles. The zero-order valence-corrected chi connectivity index (χ0v) is 17.9. The Balaban J connectivity index is 1.39. The second kappa shape index (κ2) is 6.80. The molecule has 2 unspecified atom stereocenters. The molecule has 3 atom stereocenters. The van der Waals surface area contributed by atoms with E-state index >= 15 is 4.39 Å². The number of hydrogen-bond acceptors (Lipinski definition) is 7. The summed E-state index contributed by atoms with van der Waals surface area (Å²) in [6.07, 6.45) is 5.10. The van der Waals surface area contributed by atoms with Crippen molar-refractivity contribution in [3.8, 4) is 11.6 Å². The first kappa shape index (κ1) is 19.1. The van der Waals surface area contributed by atoms with Crippen molar-refractivity contribution in [2.45, 2.75) is 24.7 Å². The fraction of sp³-hybridized carbons (Fsp3) is 0.217. The molecule has 0 spiro atoms. The summed E-state index contributed by atoms with van der Waals surface area (Å²) in [5.41, 5.74) is 2.63. The number of carbonyl (C=O) groups excluding carboxylic acids is 1. The van der Waals surface area contributed by atoms with Gasteiger partial charge in [0.15, 0.2) is 12.0 Å². The summed E-state index contributed by atoms with van der Waals surface area (Å²) < 4.78 is 23.5. The van der Waals surface area contributed by atoms with Gasteiger partial charge in [0.2, 0.25) is 11.7 Å². The molecule has 6 heterocycles. The number of rotatable bonds is 2. The highest BCUT2D eigenvalue weighted by Crippen LogP contribution is 2.46. The van der Waals surface area contributed by atoms with Crippen LogP contribution in [0.5, 0.6) is 0 Å². The Hall–Kier alpha value is -4.41. The lowest BCUT2D eigenvalue weighted by Crippen LogP contribution is -2.53. The molecule has 11 heteroatoms. The number of amides is 1. The van der Waals surface area contributed by atoms with Gasteiger partial charge in [0.05, 0.1) is 36.1 Å². The van der Waals surface area contributed by atoms with Crippen LogP contribution < -0.4 is 0 Å². The van der Waals surface area contributed by atoms with Gasteiger partial charge in [-0.15, -0.1) is 0 Å². The summed E-state index contributed by atoms with van der Waals surface area (Å²) in [7, 11) is 1.77. The van der Waals surface area contributed by atoms with Gasteiger partial charge in [-0.2, -0.15) is 0 Å². The number of aromatic nitrogens is 7. The molecule has 1 N–H and O–H groups in total. The van der Waals surface area contributed by atoms with Crippen molar-refractivity contribution in [1.82, 2.24) is 39.4 Å². The quantitative estimate of drug-likeness (QED) is 0.434. The monoisotopic (exact) mass is 456 g/mol. The molecule has 168 valence electrons. The molecule has 2 aliphatic heterocycles. The Morgan fingerprint density at radius 2 is 2.03 bits per heavy atom. The third-order valence-electron chi connectivity index (χ3n) is 6.53. The number of nitrogens with zero attached hydrogens (tertiary/aromatic N) is 7. The van der Waals surface area contributed by atoms with Crippen molar-refractivity contribution in [1.29, 1.82) is 0 Å². The Morgan fingerprint density at radius 1 is 1.15 bits per heavy atom. The van der Waals surface area contributed by atoms with Gasteiger partial charge in [-0.25, -0.2) is 29.3 Å². The maximum absolute atomic E-state index is 16.0. The van der Waals surface area contributed by atoms with E-state index in [0.29, 0.717) is 17.2 Å². The van der Waals surface area contributed by atoms with Crippen molar-refractivity contribution in [2.24, 2.45) is 7.05 Å². The number of para-hydroxylation sites is 1. The number of fused-ring (bicyclic) bond motifs is 4.